The first-order chi connectivity index (χ1) is 14.5. The van der Waals surface area contributed by atoms with E-state index in [9.17, 15) is 4.39 Å². The molecule has 0 aliphatic rings. The van der Waals surface area contributed by atoms with E-state index in [1.807, 2.05) is 42.5 Å². The molecule has 4 aromatic rings. The maximum atomic E-state index is 13.3. The lowest BCUT2D eigenvalue weighted by Gasteiger charge is -2.13. The van der Waals surface area contributed by atoms with Crippen LogP contribution in [0.1, 0.15) is 0 Å². The number of halogens is 3. The number of hydrogen-bond donors (Lipinski definition) is 3. The number of hydrogen-bond acceptors (Lipinski definition) is 4. The van der Waals surface area contributed by atoms with Crippen LogP contribution in [0.5, 0.6) is 0 Å². The molecule has 0 saturated heterocycles. The zero-order valence-electron chi connectivity index (χ0n) is 15.3. The van der Waals surface area contributed by atoms with Crippen LogP contribution in [-0.2, 0) is 0 Å². The summed E-state index contributed by atoms with van der Waals surface area (Å²) >= 11 is 14.6. The number of nitrogens with one attached hydrogen (secondary N) is 3. The normalized spacial score (nSPS) is 10.6. The van der Waals surface area contributed by atoms with Gasteiger partial charge in [-0.2, -0.15) is 0 Å². The van der Waals surface area contributed by atoms with Gasteiger partial charge in [0.15, 0.2) is 5.11 Å². The van der Waals surface area contributed by atoms with Gasteiger partial charge in [-0.15, -0.1) is 0 Å². The summed E-state index contributed by atoms with van der Waals surface area (Å²) in [6, 6.07) is 17.8. The number of anilines is 4. The van der Waals surface area contributed by atoms with Gasteiger partial charge in [0, 0.05) is 26.9 Å². The molecule has 3 aromatic carbocycles. The highest BCUT2D eigenvalue weighted by Crippen LogP contribution is 2.27. The highest BCUT2D eigenvalue weighted by Gasteiger charge is 2.08. The van der Waals surface area contributed by atoms with E-state index in [1.54, 1.807) is 6.07 Å². The number of aromatic nitrogens is 2. The smallest absolute Gasteiger partial charge is 0.175 e. The highest BCUT2D eigenvalue weighted by molar-refractivity contribution is 9.10. The molecule has 0 fully saturated rings. The Bertz CT molecular complexity index is 1250. The van der Waals surface area contributed by atoms with Crippen molar-refractivity contribution < 1.29 is 4.39 Å². The fourth-order valence-corrected chi connectivity index (χ4v) is 3.62. The van der Waals surface area contributed by atoms with E-state index in [4.69, 9.17) is 23.8 Å². The maximum absolute atomic E-state index is 13.3. The van der Waals surface area contributed by atoms with Crippen LogP contribution in [0, 0.1) is 5.82 Å². The predicted octanol–water partition coefficient (Wildman–Crippen LogP) is 6.74. The van der Waals surface area contributed by atoms with Crippen LogP contribution in [0.25, 0.3) is 10.9 Å². The molecule has 150 valence electrons. The minimum atomic E-state index is -0.485. The van der Waals surface area contributed by atoms with Crippen LogP contribution in [0.4, 0.5) is 27.3 Å². The number of rotatable bonds is 4. The van der Waals surface area contributed by atoms with Crippen LogP contribution >= 0.6 is 39.7 Å². The van der Waals surface area contributed by atoms with Gasteiger partial charge in [-0.3, -0.25) is 0 Å². The Balaban J connectivity index is 1.56. The van der Waals surface area contributed by atoms with Crippen molar-refractivity contribution in [3.63, 3.8) is 0 Å². The second-order valence-corrected chi connectivity index (χ2v) is 8.03. The standard InChI is InChI=1S/C21H14BrClFN5S/c22-12-2-1-3-13(8-12)27-20-16-9-14(5-7-19(16)25-11-26-20)28-21(30)29-15-4-6-18(24)17(23)10-15/h1-11H,(H,25,26,27)(H2,28,29,30). The Morgan fingerprint density at radius 3 is 2.47 bits per heavy atom. The lowest BCUT2D eigenvalue weighted by Crippen LogP contribution is -2.19. The number of thiocarbonyl (C=S) groups is 1. The van der Waals surface area contributed by atoms with Gasteiger partial charge < -0.3 is 16.0 Å². The summed E-state index contributed by atoms with van der Waals surface area (Å²) in [4.78, 5) is 8.69. The van der Waals surface area contributed by atoms with Crippen molar-refractivity contribution in [2.24, 2.45) is 0 Å². The van der Waals surface area contributed by atoms with E-state index in [0.29, 0.717) is 16.6 Å². The molecule has 0 amide bonds. The molecule has 0 aliphatic heterocycles. The van der Waals surface area contributed by atoms with E-state index >= 15 is 0 Å². The minimum absolute atomic E-state index is 0.0221. The average molecular weight is 503 g/mol. The zero-order chi connectivity index (χ0) is 21.1. The first kappa shape index (κ1) is 20.5. The van der Waals surface area contributed by atoms with Gasteiger partial charge in [0.1, 0.15) is 18.0 Å². The zero-order valence-corrected chi connectivity index (χ0v) is 18.4. The fourth-order valence-electron chi connectivity index (χ4n) is 2.80. The third-order valence-electron chi connectivity index (χ3n) is 4.16. The Morgan fingerprint density at radius 2 is 1.70 bits per heavy atom. The second kappa shape index (κ2) is 8.91. The summed E-state index contributed by atoms with van der Waals surface area (Å²) in [7, 11) is 0. The minimum Gasteiger partial charge on any atom is -0.340 e. The van der Waals surface area contributed by atoms with Crippen molar-refractivity contribution in [2.75, 3.05) is 16.0 Å². The monoisotopic (exact) mass is 501 g/mol. The van der Waals surface area contributed by atoms with Crippen molar-refractivity contribution in [3.8, 4) is 0 Å². The van der Waals surface area contributed by atoms with Crippen LogP contribution < -0.4 is 16.0 Å². The van der Waals surface area contributed by atoms with Gasteiger partial charge >= 0.3 is 0 Å². The highest BCUT2D eigenvalue weighted by atomic mass is 79.9. The summed E-state index contributed by atoms with van der Waals surface area (Å²) < 4.78 is 14.3. The Labute approximate surface area is 190 Å². The molecule has 0 bridgehead atoms. The summed E-state index contributed by atoms with van der Waals surface area (Å²) in [5, 5.41) is 10.6. The van der Waals surface area contributed by atoms with Crippen molar-refractivity contribution in [1.82, 2.24) is 9.97 Å². The third-order valence-corrected chi connectivity index (χ3v) is 5.15. The molecule has 4 rings (SSSR count). The van der Waals surface area contributed by atoms with E-state index in [0.717, 1.165) is 26.8 Å². The van der Waals surface area contributed by atoms with Gasteiger partial charge in [-0.05, 0) is 66.8 Å². The molecule has 5 nitrogen and oxygen atoms in total. The van der Waals surface area contributed by atoms with Crippen LogP contribution in [0.15, 0.2) is 71.5 Å². The van der Waals surface area contributed by atoms with Gasteiger partial charge in [0.2, 0.25) is 0 Å². The third kappa shape index (κ3) is 4.84. The van der Waals surface area contributed by atoms with Crippen LogP contribution in [0.2, 0.25) is 5.02 Å². The largest absolute Gasteiger partial charge is 0.340 e. The van der Waals surface area contributed by atoms with Crippen molar-refractivity contribution in [3.05, 3.63) is 82.3 Å². The SMILES string of the molecule is Fc1ccc(NC(=S)Nc2ccc3ncnc(Nc4cccc(Br)c4)c3c2)cc1Cl. The maximum Gasteiger partial charge on any atom is 0.175 e. The summed E-state index contributed by atoms with van der Waals surface area (Å²) in [6.45, 7) is 0. The van der Waals surface area contributed by atoms with E-state index in [2.05, 4.69) is 41.8 Å². The molecule has 0 aliphatic carbocycles. The number of benzene rings is 3. The topological polar surface area (TPSA) is 61.9 Å². The van der Waals surface area contributed by atoms with Crippen LogP contribution in [0.3, 0.4) is 0 Å². The van der Waals surface area contributed by atoms with Crippen molar-refractivity contribution in [1.29, 1.82) is 0 Å². The van der Waals surface area contributed by atoms with Crippen molar-refractivity contribution >= 4 is 78.6 Å². The molecule has 9 heteroatoms. The van der Waals surface area contributed by atoms with Gasteiger partial charge in [0.25, 0.3) is 0 Å². The van der Waals surface area contributed by atoms with Gasteiger partial charge in [-0.25, -0.2) is 14.4 Å². The van der Waals surface area contributed by atoms with Gasteiger partial charge in [0.05, 0.1) is 10.5 Å². The molecule has 0 saturated carbocycles. The van der Waals surface area contributed by atoms with Crippen molar-refractivity contribution in [2.45, 2.75) is 0 Å². The summed E-state index contributed by atoms with van der Waals surface area (Å²) in [5.41, 5.74) is 3.02. The molecular weight excluding hydrogens is 489 g/mol. The molecule has 0 unspecified atom stereocenters. The molecule has 1 heterocycles. The first-order valence-electron chi connectivity index (χ1n) is 8.78. The number of nitrogens with zero attached hydrogens (tertiary/aromatic N) is 2. The quantitative estimate of drug-likeness (QED) is 0.269. The van der Waals surface area contributed by atoms with Gasteiger partial charge in [-0.1, -0.05) is 33.6 Å². The lowest BCUT2D eigenvalue weighted by molar-refractivity contribution is 0.628. The van der Waals surface area contributed by atoms with Crippen LogP contribution in [-0.4, -0.2) is 15.1 Å². The van der Waals surface area contributed by atoms with E-state index in [-0.39, 0.29) is 5.02 Å². The summed E-state index contributed by atoms with van der Waals surface area (Å²) in [6.07, 6.45) is 1.51. The Kier molecular flexibility index (Phi) is 6.08. The molecular formula is C21H14BrClFN5S. The molecule has 0 atom stereocenters. The molecule has 30 heavy (non-hydrogen) atoms. The molecule has 1 aromatic heterocycles. The Hall–Kier alpha value is -2.81. The second-order valence-electron chi connectivity index (χ2n) is 6.30. The average Bonchev–Trinajstić information content (AvgIpc) is 2.71. The number of fused-ring (bicyclic) bond motifs is 1. The first-order valence-corrected chi connectivity index (χ1v) is 10.4. The summed E-state index contributed by atoms with van der Waals surface area (Å²) in [5.74, 6) is 0.187. The molecule has 0 spiro atoms. The Morgan fingerprint density at radius 1 is 0.933 bits per heavy atom. The predicted molar refractivity (Wildman–Crippen MR) is 128 cm³/mol. The molecule has 0 radical (unpaired) electrons. The fraction of sp³-hybridized carbons (Fsp3) is 0. The molecule has 3 N–H and O–H groups in total. The van der Waals surface area contributed by atoms with E-state index in [1.165, 1.54) is 18.5 Å². The van der Waals surface area contributed by atoms with E-state index < -0.39 is 5.82 Å². The lowest BCUT2D eigenvalue weighted by atomic mass is 10.2.